The van der Waals surface area contributed by atoms with Crippen LogP contribution in [0.1, 0.15) is 24.4 Å². The molecule has 96 valence electrons. The van der Waals surface area contributed by atoms with Crippen molar-refractivity contribution in [1.82, 2.24) is 14.9 Å². The highest BCUT2D eigenvalue weighted by Gasteiger charge is 2.19. The molecular weight excluding hydrogens is 344 g/mol. The van der Waals surface area contributed by atoms with E-state index in [1.54, 1.807) is 12.3 Å². The minimum atomic E-state index is -0.210. The van der Waals surface area contributed by atoms with Crippen molar-refractivity contribution in [2.24, 2.45) is 7.05 Å². The first-order chi connectivity index (χ1) is 8.63. The van der Waals surface area contributed by atoms with Crippen molar-refractivity contribution in [3.8, 4) is 0 Å². The minimum absolute atomic E-state index is 0.0116. The summed E-state index contributed by atoms with van der Waals surface area (Å²) in [7, 11) is 1.96. The topological polar surface area (TPSA) is 29.9 Å². The van der Waals surface area contributed by atoms with E-state index in [4.69, 9.17) is 0 Å². The van der Waals surface area contributed by atoms with Gasteiger partial charge in [-0.2, -0.15) is 0 Å². The van der Waals surface area contributed by atoms with Crippen LogP contribution in [0.4, 0.5) is 4.39 Å². The van der Waals surface area contributed by atoms with Crippen molar-refractivity contribution >= 4 is 22.6 Å². The van der Waals surface area contributed by atoms with Crippen LogP contribution >= 0.6 is 22.6 Å². The largest absolute Gasteiger partial charge is 0.336 e. The number of rotatable bonds is 4. The summed E-state index contributed by atoms with van der Waals surface area (Å²) in [6, 6.07) is 4.84. The van der Waals surface area contributed by atoms with Gasteiger partial charge in [0.25, 0.3) is 0 Å². The van der Waals surface area contributed by atoms with Gasteiger partial charge in [-0.15, -0.1) is 0 Å². The van der Waals surface area contributed by atoms with E-state index in [9.17, 15) is 4.39 Å². The Balaban J connectivity index is 2.45. The summed E-state index contributed by atoms with van der Waals surface area (Å²) in [5.74, 6) is 0.722. The molecule has 1 heterocycles. The van der Waals surface area contributed by atoms with Crippen molar-refractivity contribution < 1.29 is 4.39 Å². The number of nitrogens with one attached hydrogen (secondary N) is 1. The number of imidazole rings is 1. The van der Waals surface area contributed by atoms with Gasteiger partial charge in [-0.1, -0.05) is 13.0 Å². The van der Waals surface area contributed by atoms with E-state index in [1.807, 2.05) is 30.8 Å². The Morgan fingerprint density at radius 2 is 2.28 bits per heavy atom. The molecule has 0 bridgehead atoms. The van der Waals surface area contributed by atoms with Crippen LogP contribution in [0.5, 0.6) is 0 Å². The van der Waals surface area contributed by atoms with Gasteiger partial charge in [-0.05, 0) is 46.8 Å². The first-order valence-electron chi connectivity index (χ1n) is 5.79. The van der Waals surface area contributed by atoms with Crippen molar-refractivity contribution in [2.75, 3.05) is 6.54 Å². The summed E-state index contributed by atoms with van der Waals surface area (Å²) in [5.41, 5.74) is 1.05. The number of aryl methyl sites for hydroxylation is 1. The van der Waals surface area contributed by atoms with Gasteiger partial charge < -0.3 is 9.88 Å². The smallest absolute Gasteiger partial charge is 0.130 e. The molecule has 2 aromatic rings. The highest BCUT2D eigenvalue weighted by atomic mass is 127. The zero-order chi connectivity index (χ0) is 13.1. The van der Waals surface area contributed by atoms with E-state index >= 15 is 0 Å². The maximum absolute atomic E-state index is 13.2. The normalized spacial score (nSPS) is 12.7. The van der Waals surface area contributed by atoms with E-state index in [2.05, 4.69) is 32.9 Å². The van der Waals surface area contributed by atoms with Crippen LogP contribution in [0.2, 0.25) is 0 Å². The van der Waals surface area contributed by atoms with Crippen LogP contribution in [0, 0.1) is 9.39 Å². The Morgan fingerprint density at radius 1 is 1.50 bits per heavy atom. The Morgan fingerprint density at radius 3 is 2.83 bits per heavy atom. The van der Waals surface area contributed by atoms with Crippen LogP contribution < -0.4 is 5.32 Å². The molecule has 1 atom stereocenters. The molecule has 2 rings (SSSR count). The number of aromatic nitrogens is 2. The highest BCUT2D eigenvalue weighted by molar-refractivity contribution is 14.1. The molecule has 0 aliphatic heterocycles. The summed E-state index contributed by atoms with van der Waals surface area (Å²) in [6.45, 7) is 2.87. The summed E-state index contributed by atoms with van der Waals surface area (Å²) in [5, 5.41) is 3.39. The Labute approximate surface area is 120 Å². The standard InChI is InChI=1S/C13H15FIN3/c1-3-16-12(13-17-6-7-18(13)2)10-5-4-9(14)8-11(10)15/h4-8,12,16H,3H2,1-2H3. The Hall–Kier alpha value is -0.950. The lowest BCUT2D eigenvalue weighted by Crippen LogP contribution is -2.25. The van der Waals surface area contributed by atoms with E-state index < -0.39 is 0 Å². The molecule has 1 aromatic heterocycles. The molecule has 1 aromatic carbocycles. The fourth-order valence-electron chi connectivity index (χ4n) is 1.94. The lowest BCUT2D eigenvalue weighted by Gasteiger charge is -2.19. The monoisotopic (exact) mass is 359 g/mol. The number of nitrogens with zero attached hydrogens (tertiary/aromatic N) is 2. The predicted molar refractivity (Wildman–Crippen MR) is 77.8 cm³/mol. The first kappa shape index (κ1) is 13.5. The quantitative estimate of drug-likeness (QED) is 0.851. The molecule has 0 aliphatic rings. The fourth-order valence-corrected chi connectivity index (χ4v) is 2.72. The average molecular weight is 359 g/mol. The molecule has 0 aliphatic carbocycles. The summed E-state index contributed by atoms with van der Waals surface area (Å²) < 4.78 is 16.1. The molecular formula is C13H15FIN3. The van der Waals surface area contributed by atoms with E-state index in [-0.39, 0.29) is 11.9 Å². The molecule has 0 saturated carbocycles. The van der Waals surface area contributed by atoms with Gasteiger partial charge in [-0.3, -0.25) is 0 Å². The molecule has 3 nitrogen and oxygen atoms in total. The maximum atomic E-state index is 13.2. The molecule has 1 N–H and O–H groups in total. The molecule has 0 fully saturated rings. The van der Waals surface area contributed by atoms with E-state index in [0.717, 1.165) is 21.5 Å². The number of benzene rings is 1. The van der Waals surface area contributed by atoms with Crippen LogP contribution in [-0.4, -0.2) is 16.1 Å². The van der Waals surface area contributed by atoms with Crippen LogP contribution in [-0.2, 0) is 7.05 Å². The molecule has 5 heteroatoms. The highest BCUT2D eigenvalue weighted by Crippen LogP contribution is 2.25. The second-order valence-electron chi connectivity index (χ2n) is 4.05. The van der Waals surface area contributed by atoms with Crippen LogP contribution in [0.15, 0.2) is 30.6 Å². The third-order valence-corrected chi connectivity index (χ3v) is 3.73. The summed E-state index contributed by atoms with van der Waals surface area (Å²) in [4.78, 5) is 4.38. The predicted octanol–water partition coefficient (Wildman–Crippen LogP) is 2.86. The lowest BCUT2D eigenvalue weighted by atomic mass is 10.1. The molecule has 0 spiro atoms. The number of halogens is 2. The molecule has 0 saturated heterocycles. The van der Waals surface area contributed by atoms with E-state index in [1.165, 1.54) is 6.07 Å². The minimum Gasteiger partial charge on any atom is -0.336 e. The third-order valence-electron chi connectivity index (χ3n) is 2.80. The van der Waals surface area contributed by atoms with Crippen LogP contribution in [0.3, 0.4) is 0 Å². The van der Waals surface area contributed by atoms with Gasteiger partial charge in [-0.25, -0.2) is 9.37 Å². The average Bonchev–Trinajstić information content (AvgIpc) is 2.73. The van der Waals surface area contributed by atoms with Gasteiger partial charge in [0.2, 0.25) is 0 Å². The van der Waals surface area contributed by atoms with Crippen molar-refractivity contribution in [3.05, 3.63) is 51.4 Å². The van der Waals surface area contributed by atoms with Gasteiger partial charge in [0.15, 0.2) is 0 Å². The van der Waals surface area contributed by atoms with Gasteiger partial charge >= 0.3 is 0 Å². The zero-order valence-electron chi connectivity index (χ0n) is 10.3. The first-order valence-corrected chi connectivity index (χ1v) is 6.87. The summed E-state index contributed by atoms with van der Waals surface area (Å²) in [6.07, 6.45) is 3.69. The zero-order valence-corrected chi connectivity index (χ0v) is 12.5. The van der Waals surface area contributed by atoms with Crippen molar-refractivity contribution in [3.63, 3.8) is 0 Å². The molecule has 1 unspecified atom stereocenters. The molecule has 0 amide bonds. The Bertz CT molecular complexity index is 539. The van der Waals surface area contributed by atoms with Crippen molar-refractivity contribution in [1.29, 1.82) is 0 Å². The van der Waals surface area contributed by atoms with Crippen molar-refractivity contribution in [2.45, 2.75) is 13.0 Å². The fraction of sp³-hybridized carbons (Fsp3) is 0.308. The van der Waals surface area contributed by atoms with Gasteiger partial charge in [0.05, 0.1) is 6.04 Å². The third kappa shape index (κ3) is 2.72. The SMILES string of the molecule is CCNC(c1ccc(F)cc1I)c1nccn1C. The lowest BCUT2D eigenvalue weighted by molar-refractivity contribution is 0.571. The maximum Gasteiger partial charge on any atom is 0.130 e. The number of hydrogen-bond acceptors (Lipinski definition) is 2. The van der Waals surface area contributed by atoms with Gasteiger partial charge in [0, 0.05) is 23.0 Å². The second-order valence-corrected chi connectivity index (χ2v) is 5.22. The molecule has 18 heavy (non-hydrogen) atoms. The van der Waals surface area contributed by atoms with Gasteiger partial charge in [0.1, 0.15) is 11.6 Å². The van der Waals surface area contributed by atoms with Crippen LogP contribution in [0.25, 0.3) is 0 Å². The second kappa shape index (κ2) is 5.79. The Kier molecular flexibility index (Phi) is 4.34. The number of hydrogen-bond donors (Lipinski definition) is 1. The van der Waals surface area contributed by atoms with E-state index in [0.29, 0.717) is 0 Å². The molecule has 0 radical (unpaired) electrons. The summed E-state index contributed by atoms with van der Waals surface area (Å²) >= 11 is 2.16.